The van der Waals surface area contributed by atoms with Crippen LogP contribution < -0.4 is 0 Å². The molecule has 4 rings (SSSR count). The van der Waals surface area contributed by atoms with Crippen molar-refractivity contribution in [1.82, 2.24) is 0 Å². The van der Waals surface area contributed by atoms with Crippen molar-refractivity contribution in [1.29, 1.82) is 0 Å². The third kappa shape index (κ3) is 2.22. The Morgan fingerprint density at radius 2 is 1.67 bits per heavy atom. The third-order valence-corrected chi connectivity index (χ3v) is 9.12. The van der Waals surface area contributed by atoms with Crippen LogP contribution in [0.5, 0.6) is 0 Å². The standard InChI is InChI=1S/C21H34O3/c1-20-10-8-14(22)12-13(20)4-5-15-16-6-7-18(19(23)24-3)21(16,2)11-9-17(15)20/h13-18,22H,4-12H2,1-3H3/t13-,14+,15+,16+,17+,18-,20-,21-/m0/s1. The van der Waals surface area contributed by atoms with Gasteiger partial charge in [-0.05, 0) is 92.3 Å². The van der Waals surface area contributed by atoms with Gasteiger partial charge in [-0.1, -0.05) is 13.8 Å². The van der Waals surface area contributed by atoms with Crippen LogP contribution in [0.15, 0.2) is 0 Å². The molecular weight excluding hydrogens is 300 g/mol. The van der Waals surface area contributed by atoms with Gasteiger partial charge in [-0.3, -0.25) is 4.79 Å². The Kier molecular flexibility index (Phi) is 4.02. The number of rotatable bonds is 1. The molecule has 0 saturated heterocycles. The molecule has 3 nitrogen and oxygen atoms in total. The Bertz CT molecular complexity index is 517. The second-order valence-corrected chi connectivity index (χ2v) is 9.78. The normalized spacial score (nSPS) is 53.7. The first kappa shape index (κ1) is 16.9. The molecule has 0 aromatic rings. The summed E-state index contributed by atoms with van der Waals surface area (Å²) in [6, 6.07) is 0. The van der Waals surface area contributed by atoms with E-state index < -0.39 is 0 Å². The highest BCUT2D eigenvalue weighted by atomic mass is 16.5. The van der Waals surface area contributed by atoms with Crippen LogP contribution >= 0.6 is 0 Å². The van der Waals surface area contributed by atoms with Crippen molar-refractivity contribution in [3.05, 3.63) is 0 Å². The van der Waals surface area contributed by atoms with Gasteiger partial charge in [-0.15, -0.1) is 0 Å². The van der Waals surface area contributed by atoms with Crippen molar-refractivity contribution in [2.24, 2.45) is 40.4 Å². The van der Waals surface area contributed by atoms with Gasteiger partial charge in [0.1, 0.15) is 0 Å². The second-order valence-electron chi connectivity index (χ2n) is 9.78. The highest BCUT2D eigenvalue weighted by molar-refractivity contribution is 5.73. The maximum Gasteiger partial charge on any atom is 0.309 e. The predicted molar refractivity (Wildman–Crippen MR) is 93.2 cm³/mol. The van der Waals surface area contributed by atoms with Gasteiger partial charge in [-0.25, -0.2) is 0 Å². The first-order valence-corrected chi connectivity index (χ1v) is 10.2. The maximum atomic E-state index is 12.3. The number of fused-ring (bicyclic) bond motifs is 5. The van der Waals surface area contributed by atoms with Crippen molar-refractivity contribution in [3.8, 4) is 0 Å². The number of aliphatic hydroxyl groups is 1. The van der Waals surface area contributed by atoms with Crippen LogP contribution in [-0.4, -0.2) is 24.3 Å². The molecule has 1 N–H and O–H groups in total. The molecule has 0 bridgehead atoms. The van der Waals surface area contributed by atoms with E-state index in [4.69, 9.17) is 4.74 Å². The molecule has 3 heteroatoms. The summed E-state index contributed by atoms with van der Waals surface area (Å²) in [5, 5.41) is 10.1. The zero-order valence-electron chi connectivity index (χ0n) is 15.6. The number of ether oxygens (including phenoxy) is 1. The molecule has 136 valence electrons. The predicted octanol–water partition coefficient (Wildman–Crippen LogP) is 4.18. The largest absolute Gasteiger partial charge is 0.469 e. The van der Waals surface area contributed by atoms with Crippen LogP contribution in [-0.2, 0) is 9.53 Å². The molecule has 0 heterocycles. The summed E-state index contributed by atoms with van der Waals surface area (Å²) >= 11 is 0. The van der Waals surface area contributed by atoms with E-state index in [0.717, 1.165) is 31.1 Å². The summed E-state index contributed by atoms with van der Waals surface area (Å²) in [6.07, 6.45) is 10.4. The van der Waals surface area contributed by atoms with E-state index in [0.29, 0.717) is 17.3 Å². The van der Waals surface area contributed by atoms with Crippen LogP contribution in [0, 0.1) is 40.4 Å². The van der Waals surface area contributed by atoms with E-state index in [2.05, 4.69) is 13.8 Å². The SMILES string of the molecule is COC(=O)[C@@H]1CC[C@@H]2[C@H]3CC[C@H]4C[C@H](O)CC[C@]4(C)[C@@H]3CC[C@@]21C. The monoisotopic (exact) mass is 334 g/mol. The van der Waals surface area contributed by atoms with Gasteiger partial charge in [0, 0.05) is 0 Å². The first-order chi connectivity index (χ1) is 11.4. The summed E-state index contributed by atoms with van der Waals surface area (Å²) in [7, 11) is 1.55. The molecule has 0 amide bonds. The first-order valence-electron chi connectivity index (χ1n) is 10.2. The lowest BCUT2D eigenvalue weighted by atomic mass is 9.44. The van der Waals surface area contributed by atoms with Crippen LogP contribution in [0.1, 0.15) is 71.6 Å². The van der Waals surface area contributed by atoms with Crippen molar-refractivity contribution >= 4 is 5.97 Å². The number of hydrogen-bond acceptors (Lipinski definition) is 3. The van der Waals surface area contributed by atoms with E-state index >= 15 is 0 Å². The second kappa shape index (κ2) is 5.72. The third-order valence-electron chi connectivity index (χ3n) is 9.12. The molecule has 0 aromatic carbocycles. The van der Waals surface area contributed by atoms with Gasteiger partial charge in [0.25, 0.3) is 0 Å². The fourth-order valence-corrected chi connectivity index (χ4v) is 7.76. The zero-order chi connectivity index (χ0) is 17.1. The van der Waals surface area contributed by atoms with Gasteiger partial charge in [-0.2, -0.15) is 0 Å². The van der Waals surface area contributed by atoms with Gasteiger partial charge in [0.15, 0.2) is 0 Å². The van der Waals surface area contributed by atoms with Crippen LogP contribution in [0.25, 0.3) is 0 Å². The van der Waals surface area contributed by atoms with Gasteiger partial charge >= 0.3 is 5.97 Å². The minimum absolute atomic E-state index is 0.0270. The fraction of sp³-hybridized carbons (Fsp3) is 0.952. The summed E-state index contributed by atoms with van der Waals surface area (Å²) in [5.41, 5.74) is 0.582. The molecule has 24 heavy (non-hydrogen) atoms. The Morgan fingerprint density at radius 3 is 2.42 bits per heavy atom. The highest BCUT2D eigenvalue weighted by Crippen LogP contribution is 2.67. The lowest BCUT2D eigenvalue weighted by molar-refractivity contribution is -0.157. The summed E-state index contributed by atoms with van der Waals surface area (Å²) in [5.74, 6) is 3.15. The lowest BCUT2D eigenvalue weighted by Crippen LogP contribution is -2.54. The number of aliphatic hydroxyl groups excluding tert-OH is 1. The molecule has 4 saturated carbocycles. The van der Waals surface area contributed by atoms with E-state index in [9.17, 15) is 9.90 Å². The number of carbonyl (C=O) groups excluding carboxylic acids is 1. The zero-order valence-corrected chi connectivity index (χ0v) is 15.6. The van der Waals surface area contributed by atoms with Crippen molar-refractivity contribution < 1.29 is 14.6 Å². The van der Waals surface area contributed by atoms with E-state index in [-0.39, 0.29) is 23.4 Å². The summed E-state index contributed by atoms with van der Waals surface area (Å²) < 4.78 is 5.14. The van der Waals surface area contributed by atoms with Crippen molar-refractivity contribution in [2.75, 3.05) is 7.11 Å². The molecule has 0 unspecified atom stereocenters. The Labute approximate surface area is 146 Å². The molecule has 0 radical (unpaired) electrons. The average molecular weight is 335 g/mol. The lowest BCUT2D eigenvalue weighted by Gasteiger charge is -2.60. The van der Waals surface area contributed by atoms with Crippen molar-refractivity contribution in [3.63, 3.8) is 0 Å². The topological polar surface area (TPSA) is 46.5 Å². The number of methoxy groups -OCH3 is 1. The molecular formula is C21H34O3. The minimum Gasteiger partial charge on any atom is -0.469 e. The molecule has 0 aromatic heterocycles. The molecule has 4 aliphatic rings. The number of esters is 1. The molecule has 4 aliphatic carbocycles. The quantitative estimate of drug-likeness (QED) is 0.732. The Balaban J connectivity index is 1.60. The minimum atomic E-state index is -0.0660. The fourth-order valence-electron chi connectivity index (χ4n) is 7.76. The Hall–Kier alpha value is -0.570. The summed E-state index contributed by atoms with van der Waals surface area (Å²) in [6.45, 7) is 4.90. The van der Waals surface area contributed by atoms with Gasteiger partial charge in [0.2, 0.25) is 0 Å². The van der Waals surface area contributed by atoms with Crippen LogP contribution in [0.3, 0.4) is 0 Å². The smallest absolute Gasteiger partial charge is 0.309 e. The average Bonchev–Trinajstić information content (AvgIpc) is 2.92. The van der Waals surface area contributed by atoms with Gasteiger partial charge in [0.05, 0.1) is 19.1 Å². The number of hydrogen-bond donors (Lipinski definition) is 1. The number of carbonyl (C=O) groups is 1. The maximum absolute atomic E-state index is 12.3. The molecule has 8 atom stereocenters. The highest BCUT2D eigenvalue weighted by Gasteiger charge is 2.61. The van der Waals surface area contributed by atoms with E-state index in [1.54, 1.807) is 7.11 Å². The van der Waals surface area contributed by atoms with E-state index in [1.807, 2.05) is 0 Å². The van der Waals surface area contributed by atoms with Crippen LogP contribution in [0.4, 0.5) is 0 Å². The van der Waals surface area contributed by atoms with Gasteiger partial charge < -0.3 is 9.84 Å². The molecule has 4 fully saturated rings. The van der Waals surface area contributed by atoms with Crippen LogP contribution in [0.2, 0.25) is 0 Å². The molecule has 0 aliphatic heterocycles. The van der Waals surface area contributed by atoms with E-state index in [1.165, 1.54) is 38.5 Å². The molecule has 0 spiro atoms. The summed E-state index contributed by atoms with van der Waals surface area (Å²) in [4.78, 5) is 12.3. The Morgan fingerprint density at radius 1 is 0.958 bits per heavy atom. The van der Waals surface area contributed by atoms with Crippen molar-refractivity contribution in [2.45, 2.75) is 77.7 Å².